The van der Waals surface area contributed by atoms with Crippen molar-refractivity contribution in [2.45, 2.75) is 6.67 Å². The molecule has 0 spiro atoms. The number of para-hydroxylation sites is 2. The molecule has 1 aliphatic heterocycles. The third kappa shape index (κ3) is 4.58. The van der Waals surface area contributed by atoms with Crippen molar-refractivity contribution >= 4 is 5.69 Å². The van der Waals surface area contributed by atoms with Gasteiger partial charge in [-0.25, -0.2) is 4.68 Å². The number of hydrogen-bond acceptors (Lipinski definition) is 5. The highest BCUT2D eigenvalue weighted by Crippen LogP contribution is 2.28. The third-order valence-corrected chi connectivity index (χ3v) is 6.26. The minimum atomic E-state index is -0.0713. The Labute approximate surface area is 199 Å². The number of methoxy groups -OCH3 is 1. The van der Waals surface area contributed by atoms with E-state index in [-0.39, 0.29) is 5.56 Å². The summed E-state index contributed by atoms with van der Waals surface area (Å²) in [5.41, 5.74) is 4.40. The van der Waals surface area contributed by atoms with E-state index in [4.69, 9.17) is 9.84 Å². The van der Waals surface area contributed by atoms with Gasteiger partial charge < -0.3 is 9.64 Å². The number of ether oxygens (including phenoxy) is 1. The van der Waals surface area contributed by atoms with E-state index in [1.165, 1.54) is 0 Å². The highest BCUT2D eigenvalue weighted by Gasteiger charge is 2.21. The van der Waals surface area contributed by atoms with E-state index >= 15 is 0 Å². The summed E-state index contributed by atoms with van der Waals surface area (Å²) in [7, 11) is 1.71. The molecule has 5 rings (SSSR count). The first-order valence-electron chi connectivity index (χ1n) is 11.6. The van der Waals surface area contributed by atoms with Crippen LogP contribution in [0.2, 0.25) is 0 Å². The summed E-state index contributed by atoms with van der Waals surface area (Å²) in [6, 6.07) is 29.9. The SMILES string of the molecule is COc1ccccc1N1CCN(Cn2nc(-c3ccccc3)cc(-c3ccccc3)c2=O)CC1. The van der Waals surface area contributed by atoms with E-state index in [2.05, 4.69) is 15.9 Å². The van der Waals surface area contributed by atoms with Crippen LogP contribution in [0.15, 0.2) is 95.8 Å². The van der Waals surface area contributed by atoms with Gasteiger partial charge in [0, 0.05) is 31.7 Å². The van der Waals surface area contributed by atoms with Gasteiger partial charge in [-0.1, -0.05) is 72.8 Å². The highest BCUT2D eigenvalue weighted by molar-refractivity contribution is 5.69. The monoisotopic (exact) mass is 452 g/mol. The molecule has 172 valence electrons. The van der Waals surface area contributed by atoms with Crippen molar-refractivity contribution in [3.05, 3.63) is 101 Å². The number of piperazine rings is 1. The lowest BCUT2D eigenvalue weighted by Gasteiger charge is -2.36. The normalized spacial score (nSPS) is 14.2. The van der Waals surface area contributed by atoms with E-state index in [0.29, 0.717) is 12.2 Å². The maximum absolute atomic E-state index is 13.4. The van der Waals surface area contributed by atoms with Gasteiger partial charge in [0.15, 0.2) is 0 Å². The van der Waals surface area contributed by atoms with E-state index < -0.39 is 0 Å². The predicted molar refractivity (Wildman–Crippen MR) is 136 cm³/mol. The van der Waals surface area contributed by atoms with Crippen molar-refractivity contribution in [1.82, 2.24) is 14.7 Å². The van der Waals surface area contributed by atoms with Crippen LogP contribution in [0.4, 0.5) is 5.69 Å². The number of anilines is 1. The molecule has 2 heterocycles. The molecule has 0 N–H and O–H groups in total. The number of hydrogen-bond donors (Lipinski definition) is 0. The smallest absolute Gasteiger partial charge is 0.275 e. The van der Waals surface area contributed by atoms with Gasteiger partial charge in [-0.05, 0) is 23.8 Å². The predicted octanol–water partition coefficient (Wildman–Crippen LogP) is 4.37. The van der Waals surface area contributed by atoms with E-state index in [9.17, 15) is 4.79 Å². The lowest BCUT2D eigenvalue weighted by molar-refractivity contribution is 0.191. The molecule has 1 fully saturated rings. The molecule has 6 nitrogen and oxygen atoms in total. The second kappa shape index (κ2) is 9.93. The zero-order valence-electron chi connectivity index (χ0n) is 19.3. The first kappa shape index (κ1) is 21.9. The van der Waals surface area contributed by atoms with Crippen LogP contribution < -0.4 is 15.2 Å². The summed E-state index contributed by atoms with van der Waals surface area (Å²) < 4.78 is 7.15. The molecule has 0 atom stereocenters. The topological polar surface area (TPSA) is 50.6 Å². The van der Waals surface area contributed by atoms with Crippen molar-refractivity contribution in [2.75, 3.05) is 38.2 Å². The summed E-state index contributed by atoms with van der Waals surface area (Å²) >= 11 is 0. The highest BCUT2D eigenvalue weighted by atomic mass is 16.5. The number of rotatable bonds is 6. The second-order valence-corrected chi connectivity index (χ2v) is 8.40. The molecule has 1 saturated heterocycles. The van der Waals surface area contributed by atoms with Gasteiger partial charge in [0.25, 0.3) is 5.56 Å². The molecule has 4 aromatic rings. The van der Waals surface area contributed by atoms with E-state index in [1.807, 2.05) is 84.9 Å². The lowest BCUT2D eigenvalue weighted by Crippen LogP contribution is -2.48. The van der Waals surface area contributed by atoms with Crippen LogP contribution in [0.1, 0.15) is 0 Å². The van der Waals surface area contributed by atoms with Gasteiger partial charge in [-0.3, -0.25) is 9.69 Å². The Kier molecular flexibility index (Phi) is 6.40. The maximum Gasteiger partial charge on any atom is 0.275 e. The largest absolute Gasteiger partial charge is 0.495 e. The molecule has 0 unspecified atom stereocenters. The fourth-order valence-corrected chi connectivity index (χ4v) is 4.42. The van der Waals surface area contributed by atoms with Crippen molar-refractivity contribution in [3.8, 4) is 28.1 Å². The third-order valence-electron chi connectivity index (χ3n) is 6.26. The van der Waals surface area contributed by atoms with Crippen LogP contribution >= 0.6 is 0 Å². The molecule has 0 bridgehead atoms. The zero-order chi connectivity index (χ0) is 23.3. The molecule has 0 saturated carbocycles. The van der Waals surface area contributed by atoms with E-state index in [1.54, 1.807) is 11.8 Å². The van der Waals surface area contributed by atoms with Crippen LogP contribution in [-0.4, -0.2) is 48.0 Å². The Balaban J connectivity index is 1.41. The van der Waals surface area contributed by atoms with Crippen LogP contribution in [0.25, 0.3) is 22.4 Å². The van der Waals surface area contributed by atoms with Crippen molar-refractivity contribution in [1.29, 1.82) is 0 Å². The minimum absolute atomic E-state index is 0.0713. The Morgan fingerprint density at radius 3 is 2.09 bits per heavy atom. The van der Waals surface area contributed by atoms with Crippen LogP contribution in [0.5, 0.6) is 5.75 Å². The molecule has 0 aliphatic carbocycles. The molecule has 34 heavy (non-hydrogen) atoms. The summed E-state index contributed by atoms with van der Waals surface area (Å²) in [6.07, 6.45) is 0. The number of nitrogens with zero attached hydrogens (tertiary/aromatic N) is 4. The van der Waals surface area contributed by atoms with Gasteiger partial charge in [0.05, 0.1) is 30.7 Å². The van der Waals surface area contributed by atoms with Crippen LogP contribution in [-0.2, 0) is 6.67 Å². The first-order chi connectivity index (χ1) is 16.7. The molecule has 3 aromatic carbocycles. The van der Waals surface area contributed by atoms with Crippen LogP contribution in [0, 0.1) is 0 Å². The number of benzene rings is 3. The van der Waals surface area contributed by atoms with Gasteiger partial charge in [-0.15, -0.1) is 0 Å². The van der Waals surface area contributed by atoms with Gasteiger partial charge >= 0.3 is 0 Å². The zero-order valence-corrected chi connectivity index (χ0v) is 19.3. The van der Waals surface area contributed by atoms with Gasteiger partial charge in [0.1, 0.15) is 5.75 Å². The second-order valence-electron chi connectivity index (χ2n) is 8.40. The average Bonchev–Trinajstić information content (AvgIpc) is 2.91. The quantitative estimate of drug-likeness (QED) is 0.435. The molecular weight excluding hydrogens is 424 g/mol. The number of aromatic nitrogens is 2. The van der Waals surface area contributed by atoms with E-state index in [0.717, 1.165) is 54.4 Å². The van der Waals surface area contributed by atoms with Crippen molar-refractivity contribution in [2.24, 2.45) is 0 Å². The van der Waals surface area contributed by atoms with Gasteiger partial charge in [0.2, 0.25) is 0 Å². The molecule has 1 aromatic heterocycles. The fraction of sp³-hybridized carbons (Fsp3) is 0.214. The van der Waals surface area contributed by atoms with Crippen LogP contribution in [0.3, 0.4) is 0 Å². The molecule has 1 aliphatic rings. The Morgan fingerprint density at radius 1 is 0.794 bits per heavy atom. The average molecular weight is 453 g/mol. The summed E-state index contributed by atoms with van der Waals surface area (Å²) in [6.45, 7) is 3.85. The molecule has 6 heteroatoms. The van der Waals surface area contributed by atoms with Gasteiger partial charge in [-0.2, -0.15) is 5.10 Å². The Hall–Kier alpha value is -3.90. The maximum atomic E-state index is 13.4. The Morgan fingerprint density at radius 2 is 1.41 bits per heavy atom. The fourth-order valence-electron chi connectivity index (χ4n) is 4.42. The summed E-state index contributed by atoms with van der Waals surface area (Å²) in [4.78, 5) is 18.1. The summed E-state index contributed by atoms with van der Waals surface area (Å²) in [5.74, 6) is 0.886. The van der Waals surface area contributed by atoms with Crippen molar-refractivity contribution in [3.63, 3.8) is 0 Å². The minimum Gasteiger partial charge on any atom is -0.495 e. The molecule has 0 amide bonds. The molecule has 0 radical (unpaired) electrons. The standard InChI is InChI=1S/C28H28N4O2/c1-34-27-15-9-8-14-26(27)31-18-16-30(17-19-31)21-32-28(33)24(22-10-4-2-5-11-22)20-25(29-32)23-12-6-3-7-13-23/h2-15,20H,16-19,21H2,1H3. The Bertz CT molecular complexity index is 1300. The lowest BCUT2D eigenvalue weighted by atomic mass is 10.0. The van der Waals surface area contributed by atoms with Crippen molar-refractivity contribution < 1.29 is 4.74 Å². The summed E-state index contributed by atoms with van der Waals surface area (Å²) in [5, 5.41) is 4.76. The first-order valence-corrected chi connectivity index (χ1v) is 11.6. The molecular formula is C28H28N4O2.